The largest absolute Gasteiger partial charge is 0.492 e. The molecule has 0 fully saturated rings. The van der Waals surface area contributed by atoms with E-state index in [9.17, 15) is 12.8 Å². The third-order valence-corrected chi connectivity index (χ3v) is 3.45. The lowest BCUT2D eigenvalue weighted by molar-refractivity contribution is 0.297. The summed E-state index contributed by atoms with van der Waals surface area (Å²) in [5.41, 5.74) is 0. The molecule has 0 bridgehead atoms. The van der Waals surface area contributed by atoms with Crippen molar-refractivity contribution < 1.29 is 17.5 Å². The Kier molecular flexibility index (Phi) is 5.98. The maximum absolute atomic E-state index is 13.0. The number of benzene rings is 1. The molecule has 0 amide bonds. The van der Waals surface area contributed by atoms with Crippen LogP contribution < -0.4 is 9.88 Å². The number of sulfonamides is 1. The van der Waals surface area contributed by atoms with Gasteiger partial charge in [-0.15, -0.1) is 6.58 Å². The highest BCUT2D eigenvalue weighted by Gasteiger charge is 2.16. The molecule has 2 N–H and O–H groups in total. The average Bonchev–Trinajstić information content (AvgIpc) is 2.34. The Labute approximate surface area is 113 Å². The summed E-state index contributed by atoms with van der Waals surface area (Å²) in [4.78, 5) is -0.321. The van der Waals surface area contributed by atoms with E-state index in [-0.39, 0.29) is 10.6 Å². The molecule has 0 saturated heterocycles. The molecule has 1 rings (SSSR count). The fourth-order valence-electron chi connectivity index (χ4n) is 1.57. The highest BCUT2D eigenvalue weighted by atomic mass is 32.2. The molecule has 0 atom stereocenters. The second-order valence-corrected chi connectivity index (χ2v) is 5.65. The van der Waals surface area contributed by atoms with E-state index < -0.39 is 15.8 Å². The Morgan fingerprint density at radius 1 is 1.32 bits per heavy atom. The molecule has 0 spiro atoms. The summed E-state index contributed by atoms with van der Waals surface area (Å²) in [7, 11) is -3.99. The van der Waals surface area contributed by atoms with Crippen molar-refractivity contribution in [2.45, 2.75) is 30.6 Å². The van der Waals surface area contributed by atoms with Crippen LogP contribution in [0.2, 0.25) is 0 Å². The molecule has 19 heavy (non-hydrogen) atoms. The summed E-state index contributed by atoms with van der Waals surface area (Å²) >= 11 is 0. The van der Waals surface area contributed by atoms with Crippen LogP contribution in [0, 0.1) is 5.82 Å². The monoisotopic (exact) mass is 287 g/mol. The fraction of sp³-hybridized carbons (Fsp3) is 0.385. The SMILES string of the molecule is C=CCCCCCOc1ccc(F)cc1S(N)(=O)=O. The van der Waals surface area contributed by atoms with Gasteiger partial charge in [-0.1, -0.05) is 6.08 Å². The molecule has 0 radical (unpaired) electrons. The second-order valence-electron chi connectivity index (χ2n) is 4.12. The molecule has 0 aliphatic rings. The summed E-state index contributed by atoms with van der Waals surface area (Å²) in [5.74, 6) is -0.574. The number of halogens is 1. The molecule has 0 aliphatic heterocycles. The smallest absolute Gasteiger partial charge is 0.241 e. The van der Waals surface area contributed by atoms with Crippen molar-refractivity contribution in [3.8, 4) is 5.75 Å². The van der Waals surface area contributed by atoms with Crippen molar-refractivity contribution in [1.82, 2.24) is 0 Å². The van der Waals surface area contributed by atoms with Crippen LogP contribution in [0.5, 0.6) is 5.75 Å². The average molecular weight is 287 g/mol. The summed E-state index contributed by atoms with van der Waals surface area (Å²) < 4.78 is 41.0. The Bertz CT molecular complexity index is 529. The first-order chi connectivity index (χ1) is 8.95. The zero-order valence-corrected chi connectivity index (χ0v) is 11.5. The molecule has 0 saturated carbocycles. The minimum absolute atomic E-state index is 0.0904. The molecule has 0 aliphatic carbocycles. The summed E-state index contributed by atoms with van der Waals surface area (Å²) in [6.45, 7) is 3.99. The standard InChI is InChI=1S/C13H18FNO3S/c1-2-3-4-5-6-9-18-12-8-7-11(14)10-13(12)19(15,16)17/h2,7-8,10H,1,3-6,9H2,(H2,15,16,17). The Morgan fingerprint density at radius 3 is 2.68 bits per heavy atom. The molecule has 4 nitrogen and oxygen atoms in total. The predicted molar refractivity (Wildman–Crippen MR) is 71.9 cm³/mol. The van der Waals surface area contributed by atoms with Gasteiger partial charge in [0.1, 0.15) is 16.5 Å². The zero-order valence-electron chi connectivity index (χ0n) is 10.6. The van der Waals surface area contributed by atoms with Crippen LogP contribution in [0.4, 0.5) is 4.39 Å². The fourth-order valence-corrected chi connectivity index (χ4v) is 2.26. The minimum Gasteiger partial charge on any atom is -0.492 e. The number of allylic oxidation sites excluding steroid dienone is 1. The van der Waals surface area contributed by atoms with Crippen LogP contribution in [-0.4, -0.2) is 15.0 Å². The summed E-state index contributed by atoms with van der Waals surface area (Å²) in [6, 6.07) is 3.28. The van der Waals surface area contributed by atoms with Crippen molar-refractivity contribution in [3.63, 3.8) is 0 Å². The molecular formula is C13H18FNO3S. The predicted octanol–water partition coefficient (Wildman–Crippen LogP) is 2.60. The van der Waals surface area contributed by atoms with Crippen molar-refractivity contribution in [3.05, 3.63) is 36.7 Å². The third kappa shape index (κ3) is 5.40. The van der Waals surface area contributed by atoms with Crippen LogP contribution in [-0.2, 0) is 10.0 Å². The summed E-state index contributed by atoms with van der Waals surface area (Å²) in [6.07, 6.45) is 5.55. The molecule has 1 aromatic carbocycles. The van der Waals surface area contributed by atoms with Gasteiger partial charge in [-0.3, -0.25) is 0 Å². The number of ether oxygens (including phenoxy) is 1. The lowest BCUT2D eigenvalue weighted by Crippen LogP contribution is -2.14. The van der Waals surface area contributed by atoms with Gasteiger partial charge in [-0.25, -0.2) is 17.9 Å². The van der Waals surface area contributed by atoms with Crippen LogP contribution in [0.25, 0.3) is 0 Å². The van der Waals surface area contributed by atoms with Crippen LogP contribution >= 0.6 is 0 Å². The molecule has 6 heteroatoms. The number of unbranched alkanes of at least 4 members (excludes halogenated alkanes) is 3. The lowest BCUT2D eigenvalue weighted by Gasteiger charge is -2.10. The van der Waals surface area contributed by atoms with E-state index in [1.807, 2.05) is 6.08 Å². The molecule has 0 aromatic heterocycles. The number of rotatable bonds is 8. The zero-order chi connectivity index (χ0) is 14.3. The number of nitrogens with two attached hydrogens (primary N) is 1. The van der Waals surface area contributed by atoms with Gasteiger partial charge in [0.05, 0.1) is 6.61 Å². The number of primary sulfonamides is 1. The van der Waals surface area contributed by atoms with Crippen molar-refractivity contribution >= 4 is 10.0 Å². The number of hydrogen-bond donors (Lipinski definition) is 1. The van der Waals surface area contributed by atoms with Crippen LogP contribution in [0.3, 0.4) is 0 Å². The van der Waals surface area contributed by atoms with Gasteiger partial charge in [-0.2, -0.15) is 0 Å². The summed E-state index contributed by atoms with van der Waals surface area (Å²) in [5, 5.41) is 5.01. The first-order valence-corrected chi connectivity index (χ1v) is 7.56. The van der Waals surface area contributed by atoms with E-state index in [1.54, 1.807) is 0 Å². The minimum atomic E-state index is -3.99. The Morgan fingerprint density at radius 2 is 2.05 bits per heavy atom. The van der Waals surface area contributed by atoms with Gasteiger partial charge in [0, 0.05) is 0 Å². The molecule has 0 heterocycles. The normalized spacial score (nSPS) is 11.3. The van der Waals surface area contributed by atoms with Gasteiger partial charge < -0.3 is 4.74 Å². The topological polar surface area (TPSA) is 69.4 Å². The molecule has 0 unspecified atom stereocenters. The Balaban J connectivity index is 2.61. The highest BCUT2D eigenvalue weighted by molar-refractivity contribution is 7.89. The van der Waals surface area contributed by atoms with Crippen LogP contribution in [0.15, 0.2) is 35.7 Å². The first kappa shape index (κ1) is 15.7. The van der Waals surface area contributed by atoms with E-state index in [2.05, 4.69) is 6.58 Å². The second kappa shape index (κ2) is 7.25. The Hall–Kier alpha value is -1.40. The van der Waals surface area contributed by atoms with Crippen molar-refractivity contribution in [2.75, 3.05) is 6.61 Å². The van der Waals surface area contributed by atoms with E-state index in [0.717, 1.165) is 37.8 Å². The van der Waals surface area contributed by atoms with E-state index in [0.29, 0.717) is 6.61 Å². The van der Waals surface area contributed by atoms with E-state index in [1.165, 1.54) is 6.07 Å². The third-order valence-electron chi connectivity index (χ3n) is 2.52. The maximum atomic E-state index is 13.0. The van der Waals surface area contributed by atoms with Gasteiger partial charge in [-0.05, 0) is 43.9 Å². The van der Waals surface area contributed by atoms with E-state index in [4.69, 9.17) is 9.88 Å². The quantitative estimate of drug-likeness (QED) is 0.590. The van der Waals surface area contributed by atoms with Gasteiger partial charge in [0.15, 0.2) is 0 Å². The maximum Gasteiger partial charge on any atom is 0.241 e. The van der Waals surface area contributed by atoms with Crippen molar-refractivity contribution in [1.29, 1.82) is 0 Å². The van der Waals surface area contributed by atoms with Gasteiger partial charge >= 0.3 is 0 Å². The van der Waals surface area contributed by atoms with Gasteiger partial charge in [0.25, 0.3) is 0 Å². The van der Waals surface area contributed by atoms with Crippen molar-refractivity contribution in [2.24, 2.45) is 5.14 Å². The highest BCUT2D eigenvalue weighted by Crippen LogP contribution is 2.23. The van der Waals surface area contributed by atoms with Gasteiger partial charge in [0.2, 0.25) is 10.0 Å². The molecule has 106 valence electrons. The van der Waals surface area contributed by atoms with E-state index >= 15 is 0 Å². The first-order valence-electron chi connectivity index (χ1n) is 6.01. The molecular weight excluding hydrogens is 269 g/mol. The van der Waals surface area contributed by atoms with Crippen LogP contribution in [0.1, 0.15) is 25.7 Å². The number of hydrogen-bond acceptors (Lipinski definition) is 3. The molecule has 1 aromatic rings. The lowest BCUT2D eigenvalue weighted by atomic mass is 10.2.